The number of aromatic hydroxyl groups is 1. The number of amides is 1. The molecule has 0 spiro atoms. The fraction of sp³-hybridized carbons (Fsp3) is 0.111. The minimum Gasteiger partial charge on any atom is -0.506 e. The predicted molar refractivity (Wildman–Crippen MR) is 102 cm³/mol. The van der Waals surface area contributed by atoms with Crippen LogP contribution in [0.3, 0.4) is 0 Å². The smallest absolute Gasteiger partial charge is 0.266 e. The third-order valence-corrected chi connectivity index (χ3v) is 4.64. The summed E-state index contributed by atoms with van der Waals surface area (Å²) >= 11 is 6.54. The van der Waals surface area contributed by atoms with Crippen molar-refractivity contribution in [3.63, 3.8) is 0 Å². The number of hydrogen-bond acceptors (Lipinski definition) is 3. The quantitative estimate of drug-likeness (QED) is 0.506. The number of nitrogens with one attached hydrogen (secondary N) is 1. The molecule has 24 heavy (non-hydrogen) atoms. The van der Waals surface area contributed by atoms with Crippen molar-refractivity contribution in [2.45, 2.75) is 13.8 Å². The number of carbonyl (C=O) groups is 1. The molecular formula is C18H14Br2N2O2. The van der Waals surface area contributed by atoms with Gasteiger partial charge in [-0.05, 0) is 65.2 Å². The number of nitriles is 1. The van der Waals surface area contributed by atoms with Gasteiger partial charge in [0, 0.05) is 15.7 Å². The van der Waals surface area contributed by atoms with Crippen molar-refractivity contribution < 1.29 is 9.90 Å². The Morgan fingerprint density at radius 3 is 2.67 bits per heavy atom. The SMILES string of the molecule is Cc1cccc(NC(=O)/C(C#N)=C\c2cc(Br)cc(Br)c2O)c1C. The number of rotatable bonds is 3. The van der Waals surface area contributed by atoms with E-state index in [0.717, 1.165) is 11.1 Å². The van der Waals surface area contributed by atoms with Crippen molar-refractivity contribution in [2.75, 3.05) is 5.32 Å². The number of hydrogen-bond donors (Lipinski definition) is 2. The Kier molecular flexibility index (Phi) is 5.81. The molecule has 0 bridgehead atoms. The van der Waals surface area contributed by atoms with Gasteiger partial charge in [0.1, 0.15) is 17.4 Å². The number of benzene rings is 2. The van der Waals surface area contributed by atoms with E-state index in [1.54, 1.807) is 18.2 Å². The van der Waals surface area contributed by atoms with E-state index in [4.69, 9.17) is 0 Å². The highest BCUT2D eigenvalue weighted by Gasteiger charge is 2.14. The van der Waals surface area contributed by atoms with E-state index in [2.05, 4.69) is 37.2 Å². The molecule has 4 nitrogen and oxygen atoms in total. The maximum Gasteiger partial charge on any atom is 0.266 e. The lowest BCUT2D eigenvalue weighted by molar-refractivity contribution is -0.112. The third kappa shape index (κ3) is 4.05. The van der Waals surface area contributed by atoms with Crippen LogP contribution in [0.5, 0.6) is 5.75 Å². The molecule has 2 aromatic carbocycles. The molecule has 0 aromatic heterocycles. The van der Waals surface area contributed by atoms with Crippen molar-refractivity contribution in [2.24, 2.45) is 0 Å². The van der Waals surface area contributed by atoms with Gasteiger partial charge in [-0.2, -0.15) is 5.26 Å². The van der Waals surface area contributed by atoms with Gasteiger partial charge >= 0.3 is 0 Å². The van der Waals surface area contributed by atoms with E-state index in [9.17, 15) is 15.2 Å². The summed E-state index contributed by atoms with van der Waals surface area (Å²) in [5.41, 5.74) is 2.90. The van der Waals surface area contributed by atoms with Gasteiger partial charge in [0.15, 0.2) is 0 Å². The second kappa shape index (κ2) is 7.65. The highest BCUT2D eigenvalue weighted by atomic mass is 79.9. The highest BCUT2D eigenvalue weighted by molar-refractivity contribution is 9.11. The van der Waals surface area contributed by atoms with E-state index < -0.39 is 5.91 Å². The summed E-state index contributed by atoms with van der Waals surface area (Å²) in [7, 11) is 0. The Morgan fingerprint density at radius 1 is 1.29 bits per heavy atom. The standard InChI is InChI=1S/C18H14Br2N2O2/c1-10-4-3-5-16(11(10)2)22-18(24)13(9-21)6-12-7-14(19)8-15(20)17(12)23/h3-8,23H,1-2H3,(H,22,24)/b13-6-. The minimum absolute atomic E-state index is 0.0366. The fourth-order valence-corrected chi connectivity index (χ4v) is 3.33. The zero-order valence-corrected chi connectivity index (χ0v) is 16.2. The third-order valence-electron chi connectivity index (χ3n) is 3.58. The van der Waals surface area contributed by atoms with Gasteiger partial charge in [-0.25, -0.2) is 0 Å². The molecule has 2 rings (SSSR count). The molecule has 0 aliphatic carbocycles. The lowest BCUT2D eigenvalue weighted by Gasteiger charge is -2.10. The number of anilines is 1. The summed E-state index contributed by atoms with van der Waals surface area (Å²) in [5, 5.41) is 22.1. The summed E-state index contributed by atoms with van der Waals surface area (Å²) in [4.78, 5) is 12.4. The average molecular weight is 450 g/mol. The number of carbonyl (C=O) groups excluding carboxylic acids is 1. The van der Waals surface area contributed by atoms with Gasteiger partial charge in [-0.1, -0.05) is 28.1 Å². The van der Waals surface area contributed by atoms with Crippen LogP contribution in [0, 0.1) is 25.2 Å². The Hall–Kier alpha value is -2.10. The van der Waals surface area contributed by atoms with Crippen molar-refractivity contribution in [1.29, 1.82) is 5.26 Å². The van der Waals surface area contributed by atoms with Gasteiger partial charge in [0.2, 0.25) is 0 Å². The Balaban J connectivity index is 2.37. The normalized spacial score (nSPS) is 11.0. The molecular weight excluding hydrogens is 436 g/mol. The number of phenols is 1. The van der Waals surface area contributed by atoms with Crippen LogP contribution in [0.1, 0.15) is 16.7 Å². The van der Waals surface area contributed by atoms with E-state index >= 15 is 0 Å². The summed E-state index contributed by atoms with van der Waals surface area (Å²) in [5.74, 6) is -0.563. The molecule has 0 fully saturated rings. The zero-order valence-electron chi connectivity index (χ0n) is 13.0. The van der Waals surface area contributed by atoms with Crippen molar-refractivity contribution in [3.8, 4) is 11.8 Å². The van der Waals surface area contributed by atoms with Crippen molar-refractivity contribution in [1.82, 2.24) is 0 Å². The molecule has 0 heterocycles. The molecule has 0 atom stereocenters. The first-order chi connectivity index (χ1) is 11.3. The van der Waals surface area contributed by atoms with Crippen LogP contribution in [0.2, 0.25) is 0 Å². The molecule has 0 saturated carbocycles. The number of aryl methyl sites for hydroxylation is 1. The van der Waals surface area contributed by atoms with E-state index in [0.29, 0.717) is 20.2 Å². The molecule has 6 heteroatoms. The molecule has 0 aliphatic rings. The zero-order chi connectivity index (χ0) is 17.9. The van der Waals surface area contributed by atoms with E-state index in [1.165, 1.54) is 6.08 Å². The van der Waals surface area contributed by atoms with Gasteiger partial charge in [0.25, 0.3) is 5.91 Å². The maximum atomic E-state index is 12.4. The molecule has 0 aliphatic heterocycles. The summed E-state index contributed by atoms with van der Waals surface area (Å²) in [6.45, 7) is 3.85. The average Bonchev–Trinajstić information content (AvgIpc) is 2.53. The highest BCUT2D eigenvalue weighted by Crippen LogP contribution is 2.33. The lowest BCUT2D eigenvalue weighted by atomic mass is 10.1. The second-order valence-electron chi connectivity index (χ2n) is 5.20. The van der Waals surface area contributed by atoms with Crippen LogP contribution in [-0.2, 0) is 4.79 Å². The number of halogens is 2. The van der Waals surface area contributed by atoms with Crippen LogP contribution in [0.25, 0.3) is 6.08 Å². The van der Waals surface area contributed by atoms with Crippen LogP contribution in [0.4, 0.5) is 5.69 Å². The van der Waals surface area contributed by atoms with Crippen molar-refractivity contribution in [3.05, 3.63) is 61.5 Å². The van der Waals surface area contributed by atoms with Gasteiger partial charge in [0.05, 0.1) is 4.47 Å². The molecule has 122 valence electrons. The lowest BCUT2D eigenvalue weighted by Crippen LogP contribution is -2.14. The number of nitrogens with zero attached hydrogens (tertiary/aromatic N) is 1. The van der Waals surface area contributed by atoms with Crippen LogP contribution in [-0.4, -0.2) is 11.0 Å². The first kappa shape index (κ1) is 18.2. The first-order valence-corrected chi connectivity index (χ1v) is 8.59. The van der Waals surface area contributed by atoms with Gasteiger partial charge in [-0.3, -0.25) is 4.79 Å². The Morgan fingerprint density at radius 2 is 2.00 bits per heavy atom. The largest absolute Gasteiger partial charge is 0.506 e. The molecule has 0 radical (unpaired) electrons. The van der Waals surface area contributed by atoms with Gasteiger partial charge < -0.3 is 10.4 Å². The Bertz CT molecular complexity index is 883. The van der Waals surface area contributed by atoms with Crippen LogP contribution < -0.4 is 5.32 Å². The first-order valence-electron chi connectivity index (χ1n) is 7.01. The summed E-state index contributed by atoms with van der Waals surface area (Å²) in [6.07, 6.45) is 1.35. The van der Waals surface area contributed by atoms with Gasteiger partial charge in [-0.15, -0.1) is 0 Å². The molecule has 0 unspecified atom stereocenters. The minimum atomic E-state index is -0.526. The van der Waals surface area contributed by atoms with Crippen LogP contribution in [0.15, 0.2) is 44.9 Å². The molecule has 1 amide bonds. The van der Waals surface area contributed by atoms with Crippen LogP contribution >= 0.6 is 31.9 Å². The maximum absolute atomic E-state index is 12.4. The Labute approximate surface area is 157 Å². The second-order valence-corrected chi connectivity index (χ2v) is 6.97. The fourth-order valence-electron chi connectivity index (χ4n) is 2.08. The van der Waals surface area contributed by atoms with E-state index in [-0.39, 0.29) is 11.3 Å². The predicted octanol–water partition coefficient (Wildman–Crippen LogP) is 5.08. The topological polar surface area (TPSA) is 73.1 Å². The van der Waals surface area contributed by atoms with Crippen molar-refractivity contribution >= 4 is 49.5 Å². The monoisotopic (exact) mass is 448 g/mol. The molecule has 0 saturated heterocycles. The molecule has 2 aromatic rings. The number of phenolic OH excluding ortho intramolecular Hbond substituents is 1. The molecule has 2 N–H and O–H groups in total. The summed E-state index contributed by atoms with van der Waals surface area (Å²) in [6, 6.07) is 10.7. The van der Waals surface area contributed by atoms with E-state index in [1.807, 2.05) is 32.0 Å². The summed E-state index contributed by atoms with van der Waals surface area (Å²) < 4.78 is 1.18.